The minimum Gasteiger partial charge on any atom is -0.482 e. The average Bonchev–Trinajstić information content (AvgIpc) is 2.83. The lowest BCUT2D eigenvalue weighted by Gasteiger charge is -2.24. The summed E-state index contributed by atoms with van der Waals surface area (Å²) in [5.41, 5.74) is 6.20. The van der Waals surface area contributed by atoms with Crippen LogP contribution in [0.2, 0.25) is 5.02 Å². The Labute approximate surface area is 144 Å². The van der Waals surface area contributed by atoms with Gasteiger partial charge in [0.15, 0.2) is 0 Å². The van der Waals surface area contributed by atoms with Gasteiger partial charge in [-0.15, -0.1) is 11.3 Å². The van der Waals surface area contributed by atoms with Gasteiger partial charge in [-0.2, -0.15) is 0 Å². The van der Waals surface area contributed by atoms with E-state index in [9.17, 15) is 0 Å². The number of thiophene rings is 1. The van der Waals surface area contributed by atoms with Crippen LogP contribution in [0, 0.1) is 0 Å². The molecule has 0 aliphatic heterocycles. The molecule has 2 unspecified atom stereocenters. The smallest absolute Gasteiger partial charge is 0.148 e. The van der Waals surface area contributed by atoms with Crippen molar-refractivity contribution >= 4 is 54.8 Å². The molecule has 0 radical (unpaired) electrons. The second-order valence-corrected chi connectivity index (χ2v) is 7.53. The van der Waals surface area contributed by atoms with Crippen molar-refractivity contribution in [3.8, 4) is 5.75 Å². The van der Waals surface area contributed by atoms with E-state index < -0.39 is 0 Å². The van der Waals surface area contributed by atoms with E-state index in [1.165, 1.54) is 0 Å². The number of rotatable bonds is 5. The molecule has 6 heteroatoms. The average molecular weight is 440 g/mol. The van der Waals surface area contributed by atoms with Gasteiger partial charge in [0.1, 0.15) is 11.9 Å². The van der Waals surface area contributed by atoms with Crippen LogP contribution in [-0.4, -0.2) is 6.04 Å². The Morgan fingerprint density at radius 2 is 2.05 bits per heavy atom. The molecule has 0 saturated heterocycles. The quantitative estimate of drug-likeness (QED) is 0.641. The summed E-state index contributed by atoms with van der Waals surface area (Å²) < 4.78 is 8.02. The van der Waals surface area contributed by atoms with Gasteiger partial charge in [0.05, 0.1) is 5.02 Å². The van der Waals surface area contributed by atoms with E-state index in [0.29, 0.717) is 10.8 Å². The zero-order valence-corrected chi connectivity index (χ0v) is 15.5. The molecule has 2 nitrogen and oxygen atoms in total. The molecule has 20 heavy (non-hydrogen) atoms. The Balaban J connectivity index is 2.28. The van der Waals surface area contributed by atoms with Crippen molar-refractivity contribution in [1.82, 2.24) is 0 Å². The Bertz CT molecular complexity index is 590. The highest BCUT2D eigenvalue weighted by atomic mass is 79.9. The van der Waals surface area contributed by atoms with Gasteiger partial charge in [-0.05, 0) is 46.6 Å². The van der Waals surface area contributed by atoms with Gasteiger partial charge < -0.3 is 10.5 Å². The van der Waals surface area contributed by atoms with E-state index in [1.54, 1.807) is 11.3 Å². The second kappa shape index (κ2) is 7.27. The highest BCUT2D eigenvalue weighted by Gasteiger charge is 2.23. The molecule has 108 valence electrons. The van der Waals surface area contributed by atoms with E-state index in [4.69, 9.17) is 22.1 Å². The molecule has 1 aromatic heterocycles. The molecule has 0 aliphatic rings. The standard InChI is InChI=1S/C14H14Br2ClNOS/c1-2-11(18)14(13-6-9(16)7-20-13)19-12-4-3-8(15)5-10(12)17/h3-7,11,14H,2,18H2,1H3. The summed E-state index contributed by atoms with van der Waals surface area (Å²) in [4.78, 5) is 1.09. The highest BCUT2D eigenvalue weighted by molar-refractivity contribution is 9.10. The zero-order chi connectivity index (χ0) is 14.7. The SMILES string of the molecule is CCC(N)C(Oc1ccc(Br)cc1Cl)c1cc(Br)cs1. The van der Waals surface area contributed by atoms with Gasteiger partial charge in [0.2, 0.25) is 0 Å². The van der Waals surface area contributed by atoms with E-state index in [1.807, 2.05) is 36.6 Å². The predicted octanol–water partition coefficient (Wildman–Crippen LogP) is 5.78. The van der Waals surface area contributed by atoms with E-state index >= 15 is 0 Å². The number of halogens is 3. The van der Waals surface area contributed by atoms with Crippen LogP contribution >= 0.6 is 54.8 Å². The fraction of sp³-hybridized carbons (Fsp3) is 0.286. The number of hydrogen-bond donors (Lipinski definition) is 1. The van der Waals surface area contributed by atoms with Gasteiger partial charge in [0.25, 0.3) is 0 Å². The number of hydrogen-bond acceptors (Lipinski definition) is 3. The maximum atomic E-state index is 6.21. The lowest BCUT2D eigenvalue weighted by Crippen LogP contribution is -2.31. The molecule has 0 fully saturated rings. The Hall–Kier alpha value is -0.0700. The first-order chi connectivity index (χ1) is 9.51. The van der Waals surface area contributed by atoms with Crippen LogP contribution in [0.3, 0.4) is 0 Å². The van der Waals surface area contributed by atoms with Crippen LogP contribution in [0.15, 0.2) is 38.6 Å². The molecule has 0 amide bonds. The van der Waals surface area contributed by atoms with Crippen LogP contribution in [-0.2, 0) is 0 Å². The summed E-state index contributed by atoms with van der Waals surface area (Å²) in [6.45, 7) is 2.05. The van der Waals surface area contributed by atoms with Gasteiger partial charge in [-0.25, -0.2) is 0 Å². The maximum absolute atomic E-state index is 6.21. The molecule has 2 aromatic rings. The molecule has 1 heterocycles. The molecule has 0 saturated carbocycles. The van der Waals surface area contributed by atoms with E-state index in [-0.39, 0.29) is 12.1 Å². The van der Waals surface area contributed by atoms with Crippen molar-refractivity contribution in [2.45, 2.75) is 25.5 Å². The summed E-state index contributed by atoms with van der Waals surface area (Å²) in [7, 11) is 0. The number of benzene rings is 1. The van der Waals surface area contributed by atoms with Gasteiger partial charge in [-0.1, -0.05) is 34.5 Å². The van der Waals surface area contributed by atoms with E-state index in [0.717, 1.165) is 20.2 Å². The van der Waals surface area contributed by atoms with Crippen molar-refractivity contribution in [3.63, 3.8) is 0 Å². The van der Waals surface area contributed by atoms with Gasteiger partial charge in [-0.3, -0.25) is 0 Å². The minimum absolute atomic E-state index is 0.0831. The Morgan fingerprint density at radius 1 is 1.30 bits per heavy atom. The Morgan fingerprint density at radius 3 is 2.60 bits per heavy atom. The van der Waals surface area contributed by atoms with Crippen molar-refractivity contribution in [1.29, 1.82) is 0 Å². The number of ether oxygens (including phenoxy) is 1. The fourth-order valence-electron chi connectivity index (χ4n) is 1.76. The lowest BCUT2D eigenvalue weighted by atomic mass is 10.1. The molecule has 0 spiro atoms. The first-order valence-corrected chi connectivity index (χ1v) is 8.96. The Kier molecular flexibility index (Phi) is 5.93. The van der Waals surface area contributed by atoms with Crippen LogP contribution in [0.1, 0.15) is 24.3 Å². The largest absolute Gasteiger partial charge is 0.482 e. The van der Waals surface area contributed by atoms with Crippen molar-refractivity contribution in [3.05, 3.63) is 48.5 Å². The molecule has 0 bridgehead atoms. The van der Waals surface area contributed by atoms with Gasteiger partial charge in [0, 0.05) is 25.2 Å². The van der Waals surface area contributed by atoms with Crippen LogP contribution in [0.5, 0.6) is 5.75 Å². The molecule has 1 aromatic carbocycles. The summed E-state index contributed by atoms with van der Waals surface area (Å²) in [6, 6.07) is 7.53. The molecular formula is C14H14Br2ClNOS. The first kappa shape index (κ1) is 16.3. The summed E-state index contributed by atoms with van der Waals surface area (Å²) in [5, 5.41) is 2.60. The first-order valence-electron chi connectivity index (χ1n) is 6.12. The third-order valence-corrected chi connectivity index (χ3v) is 5.42. The van der Waals surface area contributed by atoms with E-state index in [2.05, 4.69) is 31.9 Å². The third kappa shape index (κ3) is 3.98. The minimum atomic E-state index is -0.199. The third-order valence-electron chi connectivity index (χ3n) is 2.88. The normalized spacial score (nSPS) is 14.1. The lowest BCUT2D eigenvalue weighted by molar-refractivity contribution is 0.174. The zero-order valence-electron chi connectivity index (χ0n) is 10.8. The van der Waals surface area contributed by atoms with Crippen LogP contribution in [0.4, 0.5) is 0 Å². The van der Waals surface area contributed by atoms with Crippen LogP contribution < -0.4 is 10.5 Å². The highest BCUT2D eigenvalue weighted by Crippen LogP contribution is 2.35. The van der Waals surface area contributed by atoms with Gasteiger partial charge >= 0.3 is 0 Å². The van der Waals surface area contributed by atoms with Crippen molar-refractivity contribution in [2.75, 3.05) is 0 Å². The molecular weight excluding hydrogens is 425 g/mol. The second-order valence-electron chi connectivity index (χ2n) is 4.35. The molecule has 2 N–H and O–H groups in total. The maximum Gasteiger partial charge on any atom is 0.148 e. The van der Waals surface area contributed by atoms with Crippen molar-refractivity contribution < 1.29 is 4.74 Å². The summed E-state index contributed by atoms with van der Waals surface area (Å²) >= 11 is 14.7. The topological polar surface area (TPSA) is 35.2 Å². The monoisotopic (exact) mass is 437 g/mol. The molecule has 2 atom stereocenters. The summed E-state index contributed by atoms with van der Waals surface area (Å²) in [6.07, 6.45) is 0.629. The summed E-state index contributed by atoms with van der Waals surface area (Å²) in [5.74, 6) is 0.647. The fourth-order valence-corrected chi connectivity index (χ4v) is 4.02. The predicted molar refractivity (Wildman–Crippen MR) is 92.8 cm³/mol. The number of nitrogens with two attached hydrogens (primary N) is 1. The van der Waals surface area contributed by atoms with Crippen molar-refractivity contribution in [2.24, 2.45) is 5.73 Å². The molecule has 2 rings (SSSR count). The van der Waals surface area contributed by atoms with Crippen LogP contribution in [0.25, 0.3) is 0 Å². The molecule has 0 aliphatic carbocycles.